The van der Waals surface area contributed by atoms with Crippen LogP contribution in [0.2, 0.25) is 0 Å². The van der Waals surface area contributed by atoms with Gasteiger partial charge in [0.1, 0.15) is 0 Å². The number of nitrogen functional groups attached to an aromatic ring is 1. The third-order valence-corrected chi connectivity index (χ3v) is 1.13. The first-order valence-electron chi connectivity index (χ1n) is 2.73. The Bertz CT molecular complexity index is 179. The molecule has 2 heteroatoms. The van der Waals surface area contributed by atoms with Crippen LogP contribution in [0.1, 0.15) is 5.56 Å². The summed E-state index contributed by atoms with van der Waals surface area (Å²) in [5.41, 5.74) is 12.4. The molecule has 47 valence electrons. The van der Waals surface area contributed by atoms with Crippen molar-refractivity contribution in [2.45, 2.75) is 0 Å². The first-order valence-corrected chi connectivity index (χ1v) is 2.73. The van der Waals surface area contributed by atoms with Crippen LogP contribution in [0.3, 0.4) is 0 Å². The maximum absolute atomic E-state index is 5.43. The van der Waals surface area contributed by atoms with Gasteiger partial charge in [-0.25, -0.2) is 0 Å². The van der Waals surface area contributed by atoms with Crippen molar-refractivity contribution >= 4 is 5.69 Å². The predicted octanol–water partition coefficient (Wildman–Crippen LogP) is 0.737. The molecule has 4 N–H and O–H groups in total. The van der Waals surface area contributed by atoms with E-state index in [0.29, 0.717) is 0 Å². The zero-order valence-electron chi connectivity index (χ0n) is 5.04. The van der Waals surface area contributed by atoms with Crippen LogP contribution in [-0.4, -0.2) is 0 Å². The van der Waals surface area contributed by atoms with Gasteiger partial charge in [0.05, 0.1) is 0 Å². The van der Waals surface area contributed by atoms with Gasteiger partial charge in [0.25, 0.3) is 0 Å². The van der Waals surface area contributed by atoms with E-state index in [1.54, 1.807) is 6.54 Å². The molecule has 0 saturated heterocycles. The van der Waals surface area contributed by atoms with Crippen LogP contribution in [0.5, 0.6) is 0 Å². The summed E-state index contributed by atoms with van der Waals surface area (Å²) in [7, 11) is 0. The lowest BCUT2D eigenvalue weighted by Gasteiger charge is -1.94. The quantitative estimate of drug-likeness (QED) is 0.538. The van der Waals surface area contributed by atoms with Crippen molar-refractivity contribution in [3.63, 3.8) is 0 Å². The van der Waals surface area contributed by atoms with E-state index in [-0.39, 0.29) is 0 Å². The van der Waals surface area contributed by atoms with Crippen LogP contribution in [0, 0.1) is 6.54 Å². The van der Waals surface area contributed by atoms with Crippen LogP contribution in [0.25, 0.3) is 0 Å². The van der Waals surface area contributed by atoms with Crippen LogP contribution in [0.15, 0.2) is 24.3 Å². The molecule has 2 nitrogen and oxygen atoms in total. The van der Waals surface area contributed by atoms with Crippen LogP contribution >= 0.6 is 0 Å². The number of nitrogens with two attached hydrogens (primary N) is 2. The summed E-state index contributed by atoms with van der Waals surface area (Å²) in [6.07, 6.45) is 0. The van der Waals surface area contributed by atoms with Gasteiger partial charge >= 0.3 is 0 Å². The normalized spacial score (nSPS) is 9.44. The Labute approximate surface area is 54.5 Å². The van der Waals surface area contributed by atoms with Gasteiger partial charge in [-0.3, -0.25) is 0 Å². The van der Waals surface area contributed by atoms with Crippen molar-refractivity contribution in [3.05, 3.63) is 36.4 Å². The van der Waals surface area contributed by atoms with E-state index in [1.807, 2.05) is 24.3 Å². The average molecular weight is 121 g/mol. The van der Waals surface area contributed by atoms with Crippen molar-refractivity contribution in [3.8, 4) is 0 Å². The van der Waals surface area contributed by atoms with Crippen LogP contribution < -0.4 is 11.5 Å². The second-order valence-electron chi connectivity index (χ2n) is 1.83. The molecule has 1 aromatic rings. The minimum absolute atomic E-state index is 0.764. The highest BCUT2D eigenvalue weighted by atomic mass is 14.5. The van der Waals surface area contributed by atoms with Gasteiger partial charge in [-0.15, -0.1) is 0 Å². The Morgan fingerprint density at radius 2 is 1.67 bits per heavy atom. The lowest BCUT2D eigenvalue weighted by molar-refractivity contribution is 1.35. The molecule has 0 spiro atoms. The molecule has 9 heavy (non-hydrogen) atoms. The van der Waals surface area contributed by atoms with Gasteiger partial charge in [0, 0.05) is 12.2 Å². The minimum atomic E-state index is 0.764. The third kappa shape index (κ3) is 1.44. The monoisotopic (exact) mass is 121 g/mol. The molecule has 0 atom stereocenters. The molecule has 0 unspecified atom stereocenters. The number of hydrogen-bond donors (Lipinski definition) is 2. The van der Waals surface area contributed by atoms with Crippen molar-refractivity contribution in [2.75, 3.05) is 5.73 Å². The molecular weight excluding hydrogens is 112 g/mol. The highest BCUT2D eigenvalue weighted by Crippen LogP contribution is 2.04. The summed E-state index contributed by atoms with van der Waals surface area (Å²) in [4.78, 5) is 0. The van der Waals surface area contributed by atoms with Gasteiger partial charge in [-0.2, -0.15) is 0 Å². The van der Waals surface area contributed by atoms with E-state index in [0.717, 1.165) is 11.3 Å². The molecule has 1 rings (SSSR count). The summed E-state index contributed by atoms with van der Waals surface area (Å²) >= 11 is 0. The van der Waals surface area contributed by atoms with Crippen molar-refractivity contribution in [1.82, 2.24) is 0 Å². The van der Waals surface area contributed by atoms with Gasteiger partial charge in [-0.05, 0) is 17.7 Å². The van der Waals surface area contributed by atoms with E-state index in [9.17, 15) is 0 Å². The topological polar surface area (TPSA) is 52.0 Å². The molecule has 0 aromatic heterocycles. The molecule has 1 radical (unpaired) electrons. The lowest BCUT2D eigenvalue weighted by Crippen LogP contribution is -1.92. The standard InChI is InChI=1S/C7H9N2/c8-5-6-1-3-7(9)4-2-6/h1-5H,8-9H2. The van der Waals surface area contributed by atoms with Crippen LogP contribution in [-0.2, 0) is 0 Å². The molecular formula is C7H9N2. The molecule has 0 aliphatic rings. The predicted molar refractivity (Wildman–Crippen MR) is 38.4 cm³/mol. The summed E-state index contributed by atoms with van der Waals surface area (Å²) in [6, 6.07) is 7.38. The summed E-state index contributed by atoms with van der Waals surface area (Å²) in [5, 5.41) is 0. The fourth-order valence-electron chi connectivity index (χ4n) is 0.607. The van der Waals surface area contributed by atoms with Gasteiger partial charge < -0.3 is 11.5 Å². The maximum Gasteiger partial charge on any atom is 0.0491 e. The number of hydrogen-bond acceptors (Lipinski definition) is 2. The smallest absolute Gasteiger partial charge is 0.0491 e. The molecule has 0 saturated carbocycles. The Morgan fingerprint density at radius 3 is 2.11 bits per heavy atom. The number of anilines is 1. The fourth-order valence-corrected chi connectivity index (χ4v) is 0.607. The second kappa shape index (κ2) is 2.51. The number of rotatable bonds is 1. The summed E-state index contributed by atoms with van der Waals surface area (Å²) in [5.74, 6) is 0. The summed E-state index contributed by atoms with van der Waals surface area (Å²) < 4.78 is 0. The van der Waals surface area contributed by atoms with Crippen molar-refractivity contribution in [2.24, 2.45) is 5.73 Å². The Hall–Kier alpha value is -1.02. The van der Waals surface area contributed by atoms with Gasteiger partial charge in [0.2, 0.25) is 0 Å². The first-order chi connectivity index (χ1) is 4.33. The Kier molecular flexibility index (Phi) is 1.70. The van der Waals surface area contributed by atoms with Crippen molar-refractivity contribution < 1.29 is 0 Å². The van der Waals surface area contributed by atoms with E-state index in [1.165, 1.54) is 0 Å². The fraction of sp³-hybridized carbons (Fsp3) is 0. The summed E-state index contributed by atoms with van der Waals surface area (Å²) in [6.45, 7) is 1.54. The highest BCUT2D eigenvalue weighted by molar-refractivity contribution is 5.40. The maximum atomic E-state index is 5.43. The minimum Gasteiger partial charge on any atom is -0.399 e. The third-order valence-electron chi connectivity index (χ3n) is 1.13. The van der Waals surface area contributed by atoms with E-state index in [4.69, 9.17) is 11.5 Å². The first kappa shape index (κ1) is 6.11. The van der Waals surface area contributed by atoms with Gasteiger partial charge in [-0.1, -0.05) is 12.1 Å². The molecule has 0 bridgehead atoms. The molecule has 0 heterocycles. The van der Waals surface area contributed by atoms with Gasteiger partial charge in [0.15, 0.2) is 0 Å². The highest BCUT2D eigenvalue weighted by Gasteiger charge is 1.85. The van der Waals surface area contributed by atoms with E-state index < -0.39 is 0 Å². The van der Waals surface area contributed by atoms with Crippen LogP contribution in [0.4, 0.5) is 5.69 Å². The van der Waals surface area contributed by atoms with Crippen molar-refractivity contribution in [1.29, 1.82) is 0 Å². The second-order valence-corrected chi connectivity index (χ2v) is 1.83. The average Bonchev–Trinajstić information content (AvgIpc) is 1.90. The Morgan fingerprint density at radius 1 is 1.11 bits per heavy atom. The lowest BCUT2D eigenvalue weighted by atomic mass is 10.2. The van der Waals surface area contributed by atoms with E-state index in [2.05, 4.69) is 0 Å². The number of benzene rings is 1. The SMILES string of the molecule is N[CH]c1ccc(N)cc1. The molecule has 0 amide bonds. The Balaban J connectivity index is 2.88. The largest absolute Gasteiger partial charge is 0.399 e. The molecule has 0 aliphatic carbocycles. The van der Waals surface area contributed by atoms with E-state index >= 15 is 0 Å². The zero-order valence-corrected chi connectivity index (χ0v) is 5.04. The molecule has 0 fully saturated rings. The molecule has 0 aliphatic heterocycles. The zero-order chi connectivity index (χ0) is 6.69. The molecule has 1 aromatic carbocycles.